The third-order valence-corrected chi connectivity index (χ3v) is 7.21. The van der Waals surface area contributed by atoms with Crippen molar-refractivity contribution in [3.63, 3.8) is 0 Å². The Balaban J connectivity index is 1.67. The largest absolute Gasteiger partial charge is 0.465 e. The molecule has 0 fully saturated rings. The van der Waals surface area contributed by atoms with E-state index in [1.807, 2.05) is 36.4 Å². The first-order valence-corrected chi connectivity index (χ1v) is 11.2. The van der Waals surface area contributed by atoms with Crippen molar-refractivity contribution in [1.29, 1.82) is 0 Å². The molecule has 0 radical (unpaired) electrons. The summed E-state index contributed by atoms with van der Waals surface area (Å²) in [4.78, 5) is 30.1. The number of fused-ring (bicyclic) bond motifs is 1. The molecule has 0 saturated heterocycles. The molecule has 0 spiro atoms. The molecule has 1 atom stereocenters. The van der Waals surface area contributed by atoms with Crippen LogP contribution in [0.5, 0.6) is 0 Å². The van der Waals surface area contributed by atoms with E-state index in [0.29, 0.717) is 24.4 Å². The number of hydrogen-bond acceptors (Lipinski definition) is 5. The first-order chi connectivity index (χ1) is 14.4. The number of nitrogens with one attached hydrogen (secondary N) is 2. The number of hydrogen-bond donors (Lipinski definition) is 4. The first kappa shape index (κ1) is 22.0. The number of halogens is 1. The van der Waals surface area contributed by atoms with Crippen LogP contribution in [0.25, 0.3) is 6.08 Å². The molecule has 1 aliphatic heterocycles. The molecule has 0 aliphatic carbocycles. The first-order valence-electron chi connectivity index (χ1n) is 9.50. The van der Waals surface area contributed by atoms with E-state index >= 15 is 0 Å². The summed E-state index contributed by atoms with van der Waals surface area (Å²) >= 11 is 5.27. The number of nitrogens with zero attached hydrogens (tertiary/aromatic N) is 1. The van der Waals surface area contributed by atoms with Crippen molar-refractivity contribution >= 4 is 56.9 Å². The lowest BCUT2D eigenvalue weighted by Crippen LogP contribution is -2.26. The van der Waals surface area contributed by atoms with Crippen LogP contribution in [0.2, 0.25) is 0 Å². The SMILES string of the molecule is CCC(Br)c1cc2c(s1)C=C(C(=O)NCc1ccc(CNC(=O)O)cc1)CC(N)=N2. The predicted octanol–water partition coefficient (Wildman–Crippen LogP) is 4.45. The van der Waals surface area contributed by atoms with Gasteiger partial charge in [0.1, 0.15) is 5.84 Å². The summed E-state index contributed by atoms with van der Waals surface area (Å²) in [7, 11) is 0. The lowest BCUT2D eigenvalue weighted by molar-refractivity contribution is -0.117. The maximum absolute atomic E-state index is 12.8. The van der Waals surface area contributed by atoms with E-state index in [1.54, 1.807) is 11.3 Å². The second kappa shape index (κ2) is 9.90. The van der Waals surface area contributed by atoms with E-state index in [4.69, 9.17) is 10.8 Å². The Hall–Kier alpha value is -2.65. The van der Waals surface area contributed by atoms with Gasteiger partial charge in [0, 0.05) is 34.8 Å². The van der Waals surface area contributed by atoms with E-state index in [-0.39, 0.29) is 17.3 Å². The summed E-state index contributed by atoms with van der Waals surface area (Å²) in [6.07, 6.45) is 2.07. The fraction of sp³-hybridized carbons (Fsp3) is 0.286. The van der Waals surface area contributed by atoms with Gasteiger partial charge >= 0.3 is 6.09 Å². The topological polar surface area (TPSA) is 117 Å². The Morgan fingerprint density at radius 2 is 1.87 bits per heavy atom. The van der Waals surface area contributed by atoms with Gasteiger partial charge in [0.25, 0.3) is 0 Å². The third kappa shape index (κ3) is 5.70. The number of aliphatic imine (C=N–C) groups is 1. The Bertz CT molecular complexity index is 998. The van der Waals surface area contributed by atoms with Gasteiger partial charge in [-0.05, 0) is 29.7 Å². The Labute approximate surface area is 187 Å². The predicted molar refractivity (Wildman–Crippen MR) is 123 cm³/mol. The minimum Gasteiger partial charge on any atom is -0.465 e. The number of benzene rings is 1. The van der Waals surface area contributed by atoms with Crippen molar-refractivity contribution in [3.8, 4) is 0 Å². The zero-order valence-electron chi connectivity index (χ0n) is 16.4. The van der Waals surface area contributed by atoms with Crippen LogP contribution < -0.4 is 16.4 Å². The van der Waals surface area contributed by atoms with Crippen LogP contribution in [-0.4, -0.2) is 22.9 Å². The highest BCUT2D eigenvalue weighted by Crippen LogP contribution is 2.40. The highest BCUT2D eigenvalue weighted by molar-refractivity contribution is 9.09. The smallest absolute Gasteiger partial charge is 0.404 e. The molecular formula is C21H23BrN4O3S. The Morgan fingerprint density at radius 1 is 1.23 bits per heavy atom. The molecule has 7 nitrogen and oxygen atoms in total. The monoisotopic (exact) mass is 490 g/mol. The molecule has 158 valence electrons. The maximum Gasteiger partial charge on any atom is 0.404 e. The van der Waals surface area contributed by atoms with E-state index in [0.717, 1.165) is 33.0 Å². The van der Waals surface area contributed by atoms with Gasteiger partial charge < -0.3 is 21.5 Å². The van der Waals surface area contributed by atoms with E-state index in [9.17, 15) is 9.59 Å². The van der Waals surface area contributed by atoms with Crippen molar-refractivity contribution in [1.82, 2.24) is 10.6 Å². The van der Waals surface area contributed by atoms with Crippen LogP contribution in [0.15, 0.2) is 40.9 Å². The second-order valence-corrected chi connectivity index (χ2v) is 9.10. The Kier molecular flexibility index (Phi) is 7.28. The Morgan fingerprint density at radius 3 is 2.47 bits per heavy atom. The van der Waals surface area contributed by atoms with Crippen LogP contribution in [0.1, 0.15) is 45.5 Å². The summed E-state index contributed by atoms with van der Waals surface area (Å²) < 4.78 is 0. The van der Waals surface area contributed by atoms with Crippen molar-refractivity contribution in [2.45, 2.75) is 37.7 Å². The lowest BCUT2D eigenvalue weighted by Gasteiger charge is -2.09. The highest BCUT2D eigenvalue weighted by Gasteiger charge is 2.19. The number of thiophene rings is 1. The molecule has 0 bridgehead atoms. The average molecular weight is 491 g/mol. The van der Waals surface area contributed by atoms with E-state index in [1.165, 1.54) is 0 Å². The molecule has 2 heterocycles. The normalized spacial score (nSPS) is 14.1. The summed E-state index contributed by atoms with van der Waals surface area (Å²) in [6, 6.07) is 9.41. The maximum atomic E-state index is 12.8. The van der Waals surface area contributed by atoms with Crippen molar-refractivity contribution in [2.24, 2.45) is 10.7 Å². The van der Waals surface area contributed by atoms with E-state index < -0.39 is 6.09 Å². The lowest BCUT2D eigenvalue weighted by atomic mass is 10.1. The van der Waals surface area contributed by atoms with Crippen LogP contribution in [-0.2, 0) is 17.9 Å². The van der Waals surface area contributed by atoms with Gasteiger partial charge in [-0.3, -0.25) is 4.79 Å². The standard InChI is InChI=1S/C21H23BrN4O3S/c1-2-15(22)17-9-16-18(30-17)7-14(8-19(23)26-16)20(27)24-10-12-3-5-13(6-4-12)11-25-21(28)29/h3-7,9,15,25H,2,8,10-11H2,1H3,(H2,23,26)(H,24,27)(H,28,29). The average Bonchev–Trinajstić information content (AvgIpc) is 3.04. The molecule has 30 heavy (non-hydrogen) atoms. The van der Waals surface area contributed by atoms with Gasteiger partial charge in [-0.2, -0.15) is 0 Å². The molecule has 3 rings (SSSR count). The van der Waals surface area contributed by atoms with Crippen LogP contribution >= 0.6 is 27.3 Å². The summed E-state index contributed by atoms with van der Waals surface area (Å²) in [5.74, 6) is 0.232. The van der Waals surface area contributed by atoms with Crippen LogP contribution in [0, 0.1) is 0 Å². The fourth-order valence-corrected chi connectivity index (χ4v) is 4.50. The molecule has 1 unspecified atom stereocenters. The number of carbonyl (C=O) groups is 2. The molecule has 5 N–H and O–H groups in total. The number of amides is 2. The summed E-state index contributed by atoms with van der Waals surface area (Å²) in [5, 5.41) is 13.9. The van der Waals surface area contributed by atoms with Gasteiger partial charge in [-0.1, -0.05) is 47.1 Å². The molecular weight excluding hydrogens is 468 g/mol. The third-order valence-electron chi connectivity index (χ3n) is 4.58. The molecule has 1 aromatic heterocycles. The minimum absolute atomic E-state index is 0.182. The molecule has 9 heteroatoms. The van der Waals surface area contributed by atoms with Crippen LogP contribution in [0.3, 0.4) is 0 Å². The van der Waals surface area contributed by atoms with Gasteiger partial charge in [0.2, 0.25) is 5.91 Å². The number of carboxylic acid groups (broad SMARTS) is 1. The van der Waals surface area contributed by atoms with Gasteiger partial charge in [-0.25, -0.2) is 9.79 Å². The molecule has 0 saturated carbocycles. The van der Waals surface area contributed by atoms with Gasteiger partial charge in [0.15, 0.2) is 0 Å². The second-order valence-electron chi connectivity index (χ2n) is 6.88. The van der Waals surface area contributed by atoms with Gasteiger partial charge in [0.05, 0.1) is 10.6 Å². The van der Waals surface area contributed by atoms with Crippen molar-refractivity contribution in [3.05, 3.63) is 56.8 Å². The van der Waals surface area contributed by atoms with Crippen LogP contribution in [0.4, 0.5) is 10.5 Å². The highest BCUT2D eigenvalue weighted by atomic mass is 79.9. The zero-order valence-corrected chi connectivity index (χ0v) is 18.8. The number of carbonyl (C=O) groups excluding carboxylic acids is 1. The number of rotatable bonds is 7. The summed E-state index contributed by atoms with van der Waals surface area (Å²) in [5.41, 5.74) is 9.19. The van der Waals surface area contributed by atoms with E-state index in [2.05, 4.69) is 38.5 Å². The number of amidine groups is 1. The molecule has 2 amide bonds. The fourth-order valence-electron chi connectivity index (χ4n) is 2.95. The number of alkyl halides is 1. The molecule has 1 aromatic carbocycles. The summed E-state index contributed by atoms with van der Waals surface area (Å²) in [6.45, 7) is 2.71. The number of nitrogens with two attached hydrogens (primary N) is 1. The zero-order chi connectivity index (χ0) is 21.7. The quantitative estimate of drug-likeness (QED) is 0.428. The minimum atomic E-state index is -1.06. The molecule has 2 aromatic rings. The van der Waals surface area contributed by atoms with Crippen molar-refractivity contribution in [2.75, 3.05) is 0 Å². The van der Waals surface area contributed by atoms with Crippen molar-refractivity contribution < 1.29 is 14.7 Å². The van der Waals surface area contributed by atoms with Gasteiger partial charge in [-0.15, -0.1) is 11.3 Å². The molecule has 1 aliphatic rings.